The molecule has 0 bridgehead atoms. The van der Waals surface area contributed by atoms with Crippen molar-refractivity contribution in [2.24, 2.45) is 5.11 Å². The van der Waals surface area contributed by atoms with E-state index in [1.807, 2.05) is 0 Å². The number of nitrogens with zero attached hydrogens (tertiary/aromatic N) is 3. The second-order valence-electron chi connectivity index (χ2n) is 7.51. The van der Waals surface area contributed by atoms with Gasteiger partial charge in [0, 0.05) is 4.91 Å². The third kappa shape index (κ3) is 6.50. The van der Waals surface area contributed by atoms with E-state index in [0.717, 1.165) is 0 Å². The zero-order valence-electron chi connectivity index (χ0n) is 19.1. The molecule has 35 heavy (non-hydrogen) atoms. The molecule has 0 radical (unpaired) electrons. The van der Waals surface area contributed by atoms with Gasteiger partial charge in [0.15, 0.2) is 6.10 Å². The summed E-state index contributed by atoms with van der Waals surface area (Å²) >= 11 is 0. The largest absolute Gasteiger partial charge is 0.497 e. The smallest absolute Gasteiger partial charge is 0.339 e. The maximum Gasteiger partial charge on any atom is 0.339 e. The third-order valence-corrected chi connectivity index (χ3v) is 5.30. The Morgan fingerprint density at radius 2 is 1.91 bits per heavy atom. The Hall–Kier alpha value is -3.60. The van der Waals surface area contributed by atoms with Crippen molar-refractivity contribution in [3.05, 3.63) is 82.8 Å². The molecule has 2 aromatic rings. The second-order valence-corrected chi connectivity index (χ2v) is 7.51. The van der Waals surface area contributed by atoms with Crippen LogP contribution >= 0.6 is 0 Å². The molecule has 186 valence electrons. The summed E-state index contributed by atoms with van der Waals surface area (Å²) in [6.07, 6.45) is -4.46. The molecule has 0 amide bonds. The molecule has 3 rings (SSSR count). The van der Waals surface area contributed by atoms with Crippen LogP contribution in [0.5, 0.6) is 11.5 Å². The number of benzene rings is 2. The van der Waals surface area contributed by atoms with E-state index < -0.39 is 43.3 Å². The van der Waals surface area contributed by atoms with Crippen molar-refractivity contribution in [3.63, 3.8) is 0 Å². The molecule has 0 aromatic heterocycles. The van der Waals surface area contributed by atoms with E-state index in [2.05, 4.69) is 16.6 Å². The minimum Gasteiger partial charge on any atom is -0.497 e. The van der Waals surface area contributed by atoms with Gasteiger partial charge in [0.25, 0.3) is 0 Å². The molecule has 0 unspecified atom stereocenters. The van der Waals surface area contributed by atoms with Crippen molar-refractivity contribution < 1.29 is 38.7 Å². The van der Waals surface area contributed by atoms with Crippen molar-refractivity contribution in [3.8, 4) is 11.5 Å². The zero-order chi connectivity index (χ0) is 25.2. The number of hydrogen-bond donors (Lipinski definition) is 2. The summed E-state index contributed by atoms with van der Waals surface area (Å²) in [5, 5.41) is 24.0. The lowest BCUT2D eigenvalue weighted by atomic mass is 9.98. The standard InChI is InChI=1S/C24H27N3O8/c1-3-12-32-21-20(29)19(14-28)34-24(33-17-10-8-16(31-2)9-11-17)22(21)35-23(30)18-7-5-4-6-15(18)13-26-27-25/h3-11,19-22,24,28-29H,1,12-14H2,2H3/t19-,20-,21+,22-,24-/m1/s1. The highest BCUT2D eigenvalue weighted by atomic mass is 16.7. The maximum absolute atomic E-state index is 13.2. The van der Waals surface area contributed by atoms with Crippen LogP contribution in [0.1, 0.15) is 15.9 Å². The SMILES string of the molecule is C=CCO[C@H]1[C@H](O)[C@@H](CO)O[C@@H](Oc2ccc(OC)cc2)[C@@H]1OC(=O)c1ccccc1CN=[N+]=[N-]. The molecule has 1 saturated heterocycles. The van der Waals surface area contributed by atoms with Gasteiger partial charge in [0.05, 0.1) is 32.4 Å². The van der Waals surface area contributed by atoms with Gasteiger partial charge in [-0.05, 0) is 41.4 Å². The van der Waals surface area contributed by atoms with Crippen molar-refractivity contribution in [1.82, 2.24) is 0 Å². The van der Waals surface area contributed by atoms with Gasteiger partial charge in [-0.2, -0.15) is 0 Å². The first-order valence-electron chi connectivity index (χ1n) is 10.8. The van der Waals surface area contributed by atoms with Crippen molar-refractivity contribution in [2.75, 3.05) is 20.3 Å². The van der Waals surface area contributed by atoms with Gasteiger partial charge in [-0.25, -0.2) is 4.79 Å². The number of azide groups is 1. The topological polar surface area (TPSA) is 152 Å². The van der Waals surface area contributed by atoms with E-state index in [4.69, 9.17) is 29.2 Å². The molecule has 1 aliphatic rings. The molecule has 2 N–H and O–H groups in total. The molecule has 1 aliphatic heterocycles. The monoisotopic (exact) mass is 485 g/mol. The van der Waals surface area contributed by atoms with E-state index >= 15 is 0 Å². The minimum absolute atomic E-state index is 0.0383. The summed E-state index contributed by atoms with van der Waals surface area (Å²) in [5.41, 5.74) is 9.28. The number of rotatable bonds is 11. The lowest BCUT2D eigenvalue weighted by Crippen LogP contribution is -2.62. The van der Waals surface area contributed by atoms with Gasteiger partial charge in [-0.1, -0.05) is 29.4 Å². The predicted octanol–water partition coefficient (Wildman–Crippen LogP) is 2.76. The van der Waals surface area contributed by atoms with E-state index in [1.165, 1.54) is 19.3 Å². The normalized spacial score (nSPS) is 23.6. The average Bonchev–Trinajstić information content (AvgIpc) is 2.89. The van der Waals surface area contributed by atoms with Crippen LogP contribution < -0.4 is 9.47 Å². The summed E-state index contributed by atoms with van der Waals surface area (Å²) in [6, 6.07) is 13.1. The number of carbonyl (C=O) groups excluding carboxylic acids is 1. The van der Waals surface area contributed by atoms with Crippen LogP contribution in [-0.4, -0.2) is 67.2 Å². The predicted molar refractivity (Wildman–Crippen MR) is 124 cm³/mol. The fourth-order valence-corrected chi connectivity index (χ4v) is 3.57. The van der Waals surface area contributed by atoms with Gasteiger partial charge in [-0.3, -0.25) is 0 Å². The van der Waals surface area contributed by atoms with Crippen LogP contribution in [0.3, 0.4) is 0 Å². The van der Waals surface area contributed by atoms with E-state index in [0.29, 0.717) is 17.1 Å². The summed E-state index contributed by atoms with van der Waals surface area (Å²) in [5.74, 6) is 0.223. The van der Waals surface area contributed by atoms with Gasteiger partial charge in [0.2, 0.25) is 6.29 Å². The molecular formula is C24H27N3O8. The first-order chi connectivity index (χ1) is 17.0. The Kier molecular flexibility index (Phi) is 9.47. The van der Waals surface area contributed by atoms with Crippen LogP contribution in [0.15, 0.2) is 66.3 Å². The molecule has 11 nitrogen and oxygen atoms in total. The summed E-state index contributed by atoms with van der Waals surface area (Å²) in [4.78, 5) is 15.9. The minimum atomic E-state index is -1.33. The van der Waals surface area contributed by atoms with Gasteiger partial charge in [0.1, 0.15) is 29.8 Å². The first-order valence-corrected chi connectivity index (χ1v) is 10.8. The molecule has 1 fully saturated rings. The quantitative estimate of drug-likeness (QED) is 0.162. The van der Waals surface area contributed by atoms with Crippen LogP contribution in [0.25, 0.3) is 10.4 Å². The lowest BCUT2D eigenvalue weighted by molar-refractivity contribution is -0.283. The number of esters is 1. The summed E-state index contributed by atoms with van der Waals surface area (Å²) in [7, 11) is 1.53. The zero-order valence-corrected chi connectivity index (χ0v) is 19.1. The molecule has 5 atom stereocenters. The Balaban J connectivity index is 1.92. The highest BCUT2D eigenvalue weighted by Gasteiger charge is 2.49. The second kappa shape index (κ2) is 12.7. The van der Waals surface area contributed by atoms with Gasteiger partial charge >= 0.3 is 5.97 Å². The van der Waals surface area contributed by atoms with Crippen molar-refractivity contribution in [2.45, 2.75) is 37.3 Å². The number of aliphatic hydroxyl groups is 2. The molecule has 2 aromatic carbocycles. The molecule has 0 spiro atoms. The van der Waals surface area contributed by atoms with Crippen molar-refractivity contribution in [1.29, 1.82) is 0 Å². The summed E-state index contributed by atoms with van der Waals surface area (Å²) < 4.78 is 28.3. The first kappa shape index (κ1) is 26.0. The Labute approximate surface area is 202 Å². The molecule has 0 saturated carbocycles. The average molecular weight is 485 g/mol. The van der Waals surface area contributed by atoms with Crippen molar-refractivity contribution >= 4 is 5.97 Å². The van der Waals surface area contributed by atoms with E-state index in [9.17, 15) is 15.0 Å². The molecule has 0 aliphatic carbocycles. The fourth-order valence-electron chi connectivity index (χ4n) is 3.57. The maximum atomic E-state index is 13.2. The van der Waals surface area contributed by atoms with Crippen LogP contribution in [-0.2, 0) is 20.8 Å². The third-order valence-electron chi connectivity index (χ3n) is 5.30. The molecule has 1 heterocycles. The lowest BCUT2D eigenvalue weighted by Gasteiger charge is -2.43. The van der Waals surface area contributed by atoms with Crippen LogP contribution in [0.4, 0.5) is 0 Å². The molecule has 11 heteroatoms. The van der Waals surface area contributed by atoms with Crippen LogP contribution in [0, 0.1) is 0 Å². The fraction of sp³-hybridized carbons (Fsp3) is 0.375. The Bertz CT molecular complexity index is 1040. The molecular weight excluding hydrogens is 458 g/mol. The Morgan fingerprint density at radius 3 is 2.57 bits per heavy atom. The number of methoxy groups -OCH3 is 1. The highest BCUT2D eigenvalue weighted by molar-refractivity contribution is 5.91. The van der Waals surface area contributed by atoms with E-state index in [1.54, 1.807) is 42.5 Å². The highest BCUT2D eigenvalue weighted by Crippen LogP contribution is 2.30. The van der Waals surface area contributed by atoms with E-state index in [-0.39, 0.29) is 18.7 Å². The number of ether oxygens (including phenoxy) is 5. The number of aliphatic hydroxyl groups excluding tert-OH is 2. The number of hydrogen-bond acceptors (Lipinski definition) is 9. The van der Waals surface area contributed by atoms with Gasteiger partial charge < -0.3 is 33.9 Å². The summed E-state index contributed by atoms with van der Waals surface area (Å²) in [6.45, 7) is 3.07. The van der Waals surface area contributed by atoms with Crippen LogP contribution in [0.2, 0.25) is 0 Å². The Morgan fingerprint density at radius 1 is 1.20 bits per heavy atom. The number of carbonyl (C=O) groups is 1. The van der Waals surface area contributed by atoms with Gasteiger partial charge in [-0.15, -0.1) is 6.58 Å².